The summed E-state index contributed by atoms with van der Waals surface area (Å²) >= 11 is 0. The zero-order valence-corrected chi connectivity index (χ0v) is 18.8. The van der Waals surface area contributed by atoms with Crippen LogP contribution in [0.4, 0.5) is 21.6 Å². The Morgan fingerprint density at radius 2 is 1.94 bits per heavy atom. The van der Waals surface area contributed by atoms with Crippen molar-refractivity contribution in [2.24, 2.45) is 5.73 Å². The first-order valence-corrected chi connectivity index (χ1v) is 11.3. The zero-order chi connectivity index (χ0) is 24.1. The summed E-state index contributed by atoms with van der Waals surface area (Å²) in [6.07, 6.45) is 7.21. The summed E-state index contributed by atoms with van der Waals surface area (Å²) in [5, 5.41) is 16.8. The number of nitrogens with zero attached hydrogens (tertiary/aromatic N) is 4. The Labute approximate surface area is 195 Å². The predicted octanol–water partition coefficient (Wildman–Crippen LogP) is 1.75. The molecule has 0 spiro atoms. The standard InChI is InChI=1S/C22H28FN9O2/c1-2-26-17-9-19(28-13-3-5-14(6-4-13)29-20(33)10-24)31-32-18(12-27-21(17)32)22(34)30-16-7-8-25-11-15(16)23/h7-9,11-14,26H,2-6,10,24H2,1H3,(H,28,31)(H,29,33)(H,25,30,34). The van der Waals surface area contributed by atoms with Crippen molar-refractivity contribution in [1.29, 1.82) is 0 Å². The van der Waals surface area contributed by atoms with Gasteiger partial charge in [-0.15, -0.1) is 5.10 Å². The van der Waals surface area contributed by atoms with E-state index < -0.39 is 11.7 Å². The van der Waals surface area contributed by atoms with Gasteiger partial charge in [-0.1, -0.05) is 0 Å². The summed E-state index contributed by atoms with van der Waals surface area (Å²) in [5.74, 6) is -0.733. The van der Waals surface area contributed by atoms with Gasteiger partial charge in [0.05, 0.1) is 30.3 Å². The largest absolute Gasteiger partial charge is 0.382 e. The van der Waals surface area contributed by atoms with Crippen molar-refractivity contribution >= 4 is 34.7 Å². The van der Waals surface area contributed by atoms with E-state index in [-0.39, 0.29) is 35.9 Å². The first kappa shape index (κ1) is 23.4. The first-order valence-electron chi connectivity index (χ1n) is 11.3. The Morgan fingerprint density at radius 3 is 2.65 bits per heavy atom. The highest BCUT2D eigenvalue weighted by Crippen LogP contribution is 2.25. The molecule has 34 heavy (non-hydrogen) atoms. The van der Waals surface area contributed by atoms with Crippen LogP contribution in [0.1, 0.15) is 43.1 Å². The average Bonchev–Trinajstić information content (AvgIpc) is 3.26. The van der Waals surface area contributed by atoms with Crippen molar-refractivity contribution in [3.8, 4) is 0 Å². The van der Waals surface area contributed by atoms with Crippen molar-refractivity contribution in [2.45, 2.75) is 44.7 Å². The van der Waals surface area contributed by atoms with Gasteiger partial charge in [0.25, 0.3) is 5.91 Å². The highest BCUT2D eigenvalue weighted by atomic mass is 19.1. The van der Waals surface area contributed by atoms with Crippen LogP contribution >= 0.6 is 0 Å². The summed E-state index contributed by atoms with van der Waals surface area (Å²) in [5.41, 5.74) is 6.78. The van der Waals surface area contributed by atoms with E-state index in [9.17, 15) is 14.0 Å². The topological polar surface area (TPSA) is 151 Å². The Bertz CT molecular complexity index is 1170. The molecule has 11 nitrogen and oxygen atoms in total. The van der Waals surface area contributed by atoms with Gasteiger partial charge in [-0.3, -0.25) is 14.6 Å². The number of rotatable bonds is 8. The van der Waals surface area contributed by atoms with Gasteiger partial charge in [0.2, 0.25) is 5.91 Å². The molecular formula is C22H28FN9O2. The van der Waals surface area contributed by atoms with Crippen LogP contribution in [0, 0.1) is 5.82 Å². The van der Waals surface area contributed by atoms with Crippen molar-refractivity contribution in [1.82, 2.24) is 24.9 Å². The number of anilines is 3. The number of nitrogens with two attached hydrogens (primary N) is 1. The minimum atomic E-state index is -0.633. The van der Waals surface area contributed by atoms with Crippen LogP contribution in [-0.4, -0.2) is 56.6 Å². The molecule has 3 aromatic rings. The second kappa shape index (κ2) is 10.4. The van der Waals surface area contributed by atoms with Crippen LogP contribution in [0.2, 0.25) is 0 Å². The molecule has 1 aliphatic carbocycles. The molecule has 6 N–H and O–H groups in total. The minimum Gasteiger partial charge on any atom is -0.382 e. The number of hydrogen-bond donors (Lipinski definition) is 5. The number of imidazole rings is 1. The van der Waals surface area contributed by atoms with E-state index in [0.717, 1.165) is 37.6 Å². The molecule has 3 heterocycles. The number of fused-ring (bicyclic) bond motifs is 1. The predicted molar refractivity (Wildman–Crippen MR) is 126 cm³/mol. The third-order valence-electron chi connectivity index (χ3n) is 5.72. The van der Waals surface area contributed by atoms with E-state index in [4.69, 9.17) is 5.73 Å². The maximum atomic E-state index is 13.9. The average molecular weight is 470 g/mol. The van der Waals surface area contributed by atoms with E-state index in [0.29, 0.717) is 18.0 Å². The third-order valence-corrected chi connectivity index (χ3v) is 5.72. The van der Waals surface area contributed by atoms with Crippen molar-refractivity contribution in [3.63, 3.8) is 0 Å². The summed E-state index contributed by atoms with van der Waals surface area (Å²) in [6.45, 7) is 2.61. The number of carbonyl (C=O) groups is 2. The summed E-state index contributed by atoms with van der Waals surface area (Å²) in [4.78, 5) is 32.5. The van der Waals surface area contributed by atoms with Gasteiger partial charge < -0.3 is 27.0 Å². The summed E-state index contributed by atoms with van der Waals surface area (Å²) < 4.78 is 15.4. The lowest BCUT2D eigenvalue weighted by atomic mass is 9.91. The Kier molecular flexibility index (Phi) is 7.16. The van der Waals surface area contributed by atoms with Gasteiger partial charge in [-0.2, -0.15) is 0 Å². The van der Waals surface area contributed by atoms with E-state index in [2.05, 4.69) is 36.3 Å². The van der Waals surface area contributed by atoms with Gasteiger partial charge in [0.1, 0.15) is 5.82 Å². The second-order valence-corrected chi connectivity index (χ2v) is 8.13. The molecule has 0 aromatic carbocycles. The lowest BCUT2D eigenvalue weighted by molar-refractivity contribution is -0.120. The van der Waals surface area contributed by atoms with Crippen molar-refractivity contribution in [2.75, 3.05) is 29.0 Å². The van der Waals surface area contributed by atoms with Crippen LogP contribution in [-0.2, 0) is 4.79 Å². The van der Waals surface area contributed by atoms with Crippen molar-refractivity contribution < 1.29 is 14.0 Å². The molecule has 1 aliphatic rings. The summed E-state index contributed by atoms with van der Waals surface area (Å²) in [6, 6.07) is 3.53. The Hall–Kier alpha value is -3.80. The molecule has 0 radical (unpaired) electrons. The minimum absolute atomic E-state index is 0.00998. The van der Waals surface area contributed by atoms with Crippen molar-refractivity contribution in [3.05, 3.63) is 42.2 Å². The molecule has 180 valence electrons. The molecule has 0 unspecified atom stereocenters. The Morgan fingerprint density at radius 1 is 1.18 bits per heavy atom. The maximum Gasteiger partial charge on any atom is 0.276 e. The fourth-order valence-corrected chi connectivity index (χ4v) is 4.06. The van der Waals surface area contributed by atoms with Crippen LogP contribution in [0.15, 0.2) is 30.7 Å². The molecule has 0 atom stereocenters. The lowest BCUT2D eigenvalue weighted by Crippen LogP contribution is -2.42. The number of nitrogens with one attached hydrogen (secondary N) is 4. The Balaban J connectivity index is 1.53. The normalized spacial score (nSPS) is 17.9. The van der Waals surface area contributed by atoms with E-state index in [1.807, 2.05) is 13.0 Å². The van der Waals surface area contributed by atoms with Crippen LogP contribution in [0.5, 0.6) is 0 Å². The first-order chi connectivity index (χ1) is 16.5. The molecule has 1 saturated carbocycles. The highest BCUT2D eigenvalue weighted by Gasteiger charge is 2.23. The number of carbonyl (C=O) groups excluding carboxylic acids is 2. The summed E-state index contributed by atoms with van der Waals surface area (Å²) in [7, 11) is 0. The molecule has 1 fully saturated rings. The second-order valence-electron chi connectivity index (χ2n) is 8.13. The molecule has 0 bridgehead atoms. The lowest BCUT2D eigenvalue weighted by Gasteiger charge is -2.30. The van der Waals surface area contributed by atoms with E-state index >= 15 is 0 Å². The molecule has 3 aromatic heterocycles. The van der Waals surface area contributed by atoms with Crippen LogP contribution in [0.25, 0.3) is 5.65 Å². The fourth-order valence-electron chi connectivity index (χ4n) is 4.06. The zero-order valence-electron chi connectivity index (χ0n) is 18.8. The maximum absolute atomic E-state index is 13.9. The third kappa shape index (κ3) is 5.22. The molecule has 4 rings (SSSR count). The molecular weight excluding hydrogens is 441 g/mol. The quantitative estimate of drug-likeness (QED) is 0.335. The number of hydrogen-bond acceptors (Lipinski definition) is 8. The molecule has 0 saturated heterocycles. The van der Waals surface area contributed by atoms with E-state index in [1.54, 1.807) is 0 Å². The molecule has 2 amide bonds. The SMILES string of the molecule is CCNc1cc(NC2CCC(NC(=O)CN)CC2)nn2c(C(=O)Nc3ccncc3F)cnc12. The van der Waals surface area contributed by atoms with Gasteiger partial charge in [-0.25, -0.2) is 13.9 Å². The van der Waals surface area contributed by atoms with E-state index in [1.165, 1.54) is 23.0 Å². The number of halogens is 1. The van der Waals surface area contributed by atoms with Gasteiger partial charge in [0.15, 0.2) is 17.2 Å². The highest BCUT2D eigenvalue weighted by molar-refractivity contribution is 6.03. The van der Waals surface area contributed by atoms with Crippen LogP contribution in [0.3, 0.4) is 0 Å². The van der Waals surface area contributed by atoms with Gasteiger partial charge in [0, 0.05) is 30.9 Å². The van der Waals surface area contributed by atoms with Gasteiger partial charge in [-0.05, 0) is 38.7 Å². The molecule has 0 aliphatic heterocycles. The van der Waals surface area contributed by atoms with Crippen LogP contribution < -0.4 is 27.0 Å². The number of pyridine rings is 1. The smallest absolute Gasteiger partial charge is 0.276 e. The monoisotopic (exact) mass is 469 g/mol. The number of aromatic nitrogens is 4. The number of amides is 2. The molecule has 12 heteroatoms. The van der Waals surface area contributed by atoms with Gasteiger partial charge >= 0.3 is 0 Å². The fraction of sp³-hybridized carbons (Fsp3) is 0.409.